The van der Waals surface area contributed by atoms with Gasteiger partial charge in [0, 0.05) is 13.7 Å². The minimum atomic E-state index is -0.505. The van der Waals surface area contributed by atoms with Gasteiger partial charge >= 0.3 is 5.91 Å². The maximum absolute atomic E-state index is 12.3. The van der Waals surface area contributed by atoms with Crippen LogP contribution < -0.4 is 4.80 Å². The Labute approximate surface area is 151 Å². The lowest BCUT2D eigenvalue weighted by Gasteiger charge is -2.12. The predicted octanol–water partition coefficient (Wildman–Crippen LogP) is 2.97. The first-order valence-corrected chi connectivity index (χ1v) is 8.69. The van der Waals surface area contributed by atoms with E-state index < -0.39 is 5.91 Å². The molecule has 3 rings (SSSR count). The molecular formula is C15H14Cl2N2O4S. The molecule has 2 aromatic rings. The first kappa shape index (κ1) is 17.3. The molecule has 6 nitrogen and oxygen atoms in total. The van der Waals surface area contributed by atoms with E-state index in [0.29, 0.717) is 41.2 Å². The molecule has 1 aromatic carbocycles. The lowest BCUT2D eigenvalue weighted by molar-refractivity contribution is -0.119. The van der Waals surface area contributed by atoms with Crippen LogP contribution in [0.15, 0.2) is 29.1 Å². The maximum atomic E-state index is 12.3. The zero-order valence-corrected chi connectivity index (χ0v) is 15.1. The monoisotopic (exact) mass is 388 g/mol. The van der Waals surface area contributed by atoms with Crippen molar-refractivity contribution in [1.82, 2.24) is 4.57 Å². The van der Waals surface area contributed by atoms with Crippen molar-refractivity contribution >= 4 is 50.7 Å². The Morgan fingerprint density at radius 2 is 2.25 bits per heavy atom. The molecule has 0 fully saturated rings. The molecule has 0 radical (unpaired) electrons. The lowest BCUT2D eigenvalue weighted by Crippen LogP contribution is -2.21. The Balaban J connectivity index is 2.12. The summed E-state index contributed by atoms with van der Waals surface area (Å²) in [6.45, 7) is 1.67. The van der Waals surface area contributed by atoms with Gasteiger partial charge in [0.1, 0.15) is 19.5 Å². The van der Waals surface area contributed by atoms with Crippen LogP contribution in [0.2, 0.25) is 10.0 Å². The van der Waals surface area contributed by atoms with Crippen LogP contribution in [-0.4, -0.2) is 37.4 Å². The van der Waals surface area contributed by atoms with Gasteiger partial charge in [-0.15, -0.1) is 0 Å². The number of nitrogens with zero attached hydrogens (tertiary/aromatic N) is 2. The third-order valence-corrected chi connectivity index (χ3v) is 5.15. The van der Waals surface area contributed by atoms with E-state index in [1.165, 1.54) is 17.6 Å². The van der Waals surface area contributed by atoms with E-state index in [1.54, 1.807) is 13.2 Å². The molecule has 1 aromatic heterocycles. The second kappa shape index (κ2) is 7.57. The van der Waals surface area contributed by atoms with E-state index in [9.17, 15) is 4.79 Å². The average molecular weight is 389 g/mol. The molecule has 0 spiro atoms. The fourth-order valence-electron chi connectivity index (χ4n) is 2.20. The fraction of sp³-hybridized carbons (Fsp3) is 0.333. The van der Waals surface area contributed by atoms with Crippen molar-refractivity contribution in [2.75, 3.05) is 26.9 Å². The third-order valence-electron chi connectivity index (χ3n) is 3.31. The Morgan fingerprint density at radius 1 is 1.42 bits per heavy atom. The molecule has 9 heteroatoms. The molecule has 128 valence electrons. The molecule has 0 unspecified atom stereocenters. The van der Waals surface area contributed by atoms with Crippen molar-refractivity contribution in [2.24, 2.45) is 4.99 Å². The van der Waals surface area contributed by atoms with Gasteiger partial charge < -0.3 is 18.8 Å². The van der Waals surface area contributed by atoms with Crippen LogP contribution in [0.5, 0.6) is 0 Å². The van der Waals surface area contributed by atoms with Crippen LogP contribution in [0, 0.1) is 0 Å². The van der Waals surface area contributed by atoms with E-state index >= 15 is 0 Å². The number of rotatable bonds is 4. The molecule has 0 N–H and O–H groups in total. The third kappa shape index (κ3) is 3.44. The lowest BCUT2D eigenvalue weighted by atomic mass is 10.3. The standard InChI is InChI=1S/C15H14Cl2N2O4S/c1-21-5-4-19-13-11(3-2-9(16)12(13)17)24-15(19)18-14(20)10-8-22-6-7-23-10/h2-3,8H,4-7H2,1H3. The summed E-state index contributed by atoms with van der Waals surface area (Å²) in [4.78, 5) is 16.9. The molecule has 1 aliphatic heterocycles. The number of ether oxygens (including phenoxy) is 3. The van der Waals surface area contributed by atoms with Gasteiger partial charge in [-0.3, -0.25) is 4.79 Å². The zero-order chi connectivity index (χ0) is 17.1. The summed E-state index contributed by atoms with van der Waals surface area (Å²) in [5.74, 6) is -0.421. The van der Waals surface area contributed by atoms with Crippen molar-refractivity contribution in [2.45, 2.75) is 6.54 Å². The molecule has 0 saturated heterocycles. The number of methoxy groups -OCH3 is 1. The highest BCUT2D eigenvalue weighted by atomic mass is 35.5. The molecule has 2 heterocycles. The number of hydrogen-bond acceptors (Lipinski definition) is 5. The fourth-order valence-corrected chi connectivity index (χ4v) is 3.74. The number of benzene rings is 1. The molecular weight excluding hydrogens is 375 g/mol. The van der Waals surface area contributed by atoms with Gasteiger partial charge in [-0.2, -0.15) is 4.99 Å². The normalized spacial score (nSPS) is 15.1. The van der Waals surface area contributed by atoms with E-state index in [0.717, 1.165) is 10.2 Å². The van der Waals surface area contributed by atoms with Crippen LogP contribution in [-0.2, 0) is 25.5 Å². The highest BCUT2D eigenvalue weighted by molar-refractivity contribution is 7.16. The van der Waals surface area contributed by atoms with Crippen molar-refractivity contribution < 1.29 is 19.0 Å². The largest absolute Gasteiger partial charge is 0.494 e. The van der Waals surface area contributed by atoms with E-state index in [2.05, 4.69) is 4.99 Å². The van der Waals surface area contributed by atoms with Crippen molar-refractivity contribution in [3.8, 4) is 0 Å². The number of fused-ring (bicyclic) bond motifs is 1. The second-order valence-corrected chi connectivity index (χ2v) is 6.65. The molecule has 24 heavy (non-hydrogen) atoms. The Bertz CT molecular complexity index is 872. The summed E-state index contributed by atoms with van der Waals surface area (Å²) < 4.78 is 18.2. The Morgan fingerprint density at radius 3 is 2.96 bits per heavy atom. The minimum absolute atomic E-state index is 0.0844. The minimum Gasteiger partial charge on any atom is -0.494 e. The van der Waals surface area contributed by atoms with Crippen LogP contribution in [0.25, 0.3) is 10.2 Å². The molecule has 1 amide bonds. The van der Waals surface area contributed by atoms with Crippen LogP contribution >= 0.6 is 34.5 Å². The topological polar surface area (TPSA) is 62.1 Å². The molecule has 0 saturated carbocycles. The van der Waals surface area contributed by atoms with Crippen molar-refractivity contribution in [3.63, 3.8) is 0 Å². The SMILES string of the molecule is COCCn1c(=NC(=O)C2=COCCO2)sc2ccc(Cl)c(Cl)c21. The smallest absolute Gasteiger partial charge is 0.317 e. The quantitative estimate of drug-likeness (QED) is 0.807. The average Bonchev–Trinajstić information content (AvgIpc) is 2.95. The number of carbonyl (C=O) groups is 1. The molecule has 0 atom stereocenters. The number of aromatic nitrogens is 1. The second-order valence-electron chi connectivity index (χ2n) is 4.86. The molecule has 0 aliphatic carbocycles. The Hall–Kier alpha value is -1.54. The first-order chi connectivity index (χ1) is 11.6. The van der Waals surface area contributed by atoms with Crippen LogP contribution in [0.4, 0.5) is 0 Å². The number of halogens is 2. The van der Waals surface area contributed by atoms with E-state index in [1.807, 2.05) is 10.6 Å². The van der Waals surface area contributed by atoms with Gasteiger partial charge in [0.2, 0.25) is 5.76 Å². The molecule has 0 bridgehead atoms. The summed E-state index contributed by atoms with van der Waals surface area (Å²) in [5.41, 5.74) is 0.729. The van der Waals surface area contributed by atoms with Crippen LogP contribution in [0.1, 0.15) is 0 Å². The number of carbonyl (C=O) groups excluding carboxylic acids is 1. The highest BCUT2D eigenvalue weighted by Gasteiger charge is 2.17. The summed E-state index contributed by atoms with van der Waals surface area (Å²) in [5, 5.41) is 0.865. The van der Waals surface area contributed by atoms with Gasteiger partial charge in [0.05, 0.1) is 26.9 Å². The number of hydrogen-bond donors (Lipinski definition) is 0. The number of thiazole rings is 1. The van der Waals surface area contributed by atoms with Crippen molar-refractivity contribution in [3.05, 3.63) is 39.0 Å². The first-order valence-electron chi connectivity index (χ1n) is 7.11. The van der Waals surface area contributed by atoms with Gasteiger partial charge in [-0.25, -0.2) is 0 Å². The van der Waals surface area contributed by atoms with Gasteiger partial charge in [0.25, 0.3) is 0 Å². The van der Waals surface area contributed by atoms with Crippen LogP contribution in [0.3, 0.4) is 0 Å². The summed E-state index contributed by atoms with van der Waals surface area (Å²) in [6, 6.07) is 3.57. The van der Waals surface area contributed by atoms with Gasteiger partial charge in [-0.1, -0.05) is 34.5 Å². The highest BCUT2D eigenvalue weighted by Crippen LogP contribution is 2.32. The summed E-state index contributed by atoms with van der Waals surface area (Å²) >= 11 is 13.8. The maximum Gasteiger partial charge on any atom is 0.317 e. The van der Waals surface area contributed by atoms with E-state index in [-0.39, 0.29) is 5.76 Å². The van der Waals surface area contributed by atoms with Gasteiger partial charge in [0.15, 0.2) is 4.80 Å². The summed E-state index contributed by atoms with van der Waals surface area (Å²) in [6.07, 6.45) is 1.28. The zero-order valence-electron chi connectivity index (χ0n) is 12.8. The Kier molecular flexibility index (Phi) is 5.45. The molecule has 1 aliphatic rings. The van der Waals surface area contributed by atoms with Crippen molar-refractivity contribution in [1.29, 1.82) is 0 Å². The van der Waals surface area contributed by atoms with Gasteiger partial charge in [-0.05, 0) is 12.1 Å². The predicted molar refractivity (Wildman–Crippen MR) is 92.3 cm³/mol. The van der Waals surface area contributed by atoms with E-state index in [4.69, 9.17) is 37.4 Å². The summed E-state index contributed by atoms with van der Waals surface area (Å²) in [7, 11) is 1.60. The number of amides is 1.